The van der Waals surface area contributed by atoms with Gasteiger partial charge in [-0.1, -0.05) is 5.16 Å². The first-order valence-corrected chi connectivity index (χ1v) is 5.20. The van der Waals surface area contributed by atoms with E-state index in [2.05, 4.69) is 15.4 Å². The Bertz CT molecular complexity index is 279. The zero-order valence-corrected chi connectivity index (χ0v) is 8.62. The highest BCUT2D eigenvalue weighted by molar-refractivity contribution is 5.03. The smallest absolute Gasteiger partial charge is 0.133 e. The van der Waals surface area contributed by atoms with Crippen molar-refractivity contribution in [3.8, 4) is 0 Å². The molecule has 0 aromatic carbocycles. The zero-order chi connectivity index (χ0) is 9.80. The van der Waals surface area contributed by atoms with Gasteiger partial charge in [-0.05, 0) is 6.92 Å². The van der Waals surface area contributed by atoms with E-state index in [0.29, 0.717) is 0 Å². The van der Waals surface area contributed by atoms with Gasteiger partial charge in [0.15, 0.2) is 0 Å². The molecule has 1 aromatic rings. The van der Waals surface area contributed by atoms with Crippen LogP contribution in [0.5, 0.6) is 0 Å². The van der Waals surface area contributed by atoms with Gasteiger partial charge in [-0.2, -0.15) is 0 Å². The summed E-state index contributed by atoms with van der Waals surface area (Å²) in [6, 6.07) is 2.02. The number of aryl methyl sites for hydroxylation is 1. The highest BCUT2D eigenvalue weighted by Gasteiger charge is 2.09. The third-order valence-corrected chi connectivity index (χ3v) is 2.57. The fourth-order valence-corrected chi connectivity index (χ4v) is 1.74. The summed E-state index contributed by atoms with van der Waals surface area (Å²) < 4.78 is 5.02. The molecule has 0 bridgehead atoms. The molecule has 1 aliphatic rings. The van der Waals surface area contributed by atoms with Crippen molar-refractivity contribution in [3.05, 3.63) is 17.5 Å². The summed E-state index contributed by atoms with van der Waals surface area (Å²) in [5.41, 5.74) is 1.07. The molecule has 0 amide bonds. The van der Waals surface area contributed by atoms with Crippen molar-refractivity contribution in [1.29, 1.82) is 0 Å². The molecule has 1 N–H and O–H groups in total. The summed E-state index contributed by atoms with van der Waals surface area (Å²) in [6.45, 7) is 7.54. The number of piperazine rings is 1. The number of nitrogens with one attached hydrogen (secondary N) is 1. The number of hydrogen-bond donors (Lipinski definition) is 1. The van der Waals surface area contributed by atoms with Gasteiger partial charge in [0.05, 0.1) is 5.69 Å². The molecule has 0 saturated carbocycles. The number of aromatic nitrogens is 1. The van der Waals surface area contributed by atoms with E-state index in [9.17, 15) is 0 Å². The van der Waals surface area contributed by atoms with Gasteiger partial charge in [0.1, 0.15) is 5.76 Å². The second-order valence-corrected chi connectivity index (χ2v) is 3.77. The maximum absolute atomic E-state index is 5.02. The molecule has 0 aliphatic carbocycles. The minimum Gasteiger partial charge on any atom is -0.361 e. The fourth-order valence-electron chi connectivity index (χ4n) is 1.74. The van der Waals surface area contributed by atoms with Crippen molar-refractivity contribution in [2.24, 2.45) is 0 Å². The average Bonchev–Trinajstić information content (AvgIpc) is 2.63. The lowest BCUT2D eigenvalue weighted by Gasteiger charge is -2.26. The van der Waals surface area contributed by atoms with E-state index < -0.39 is 0 Å². The molecule has 2 rings (SSSR count). The molecule has 1 aliphatic heterocycles. The summed E-state index contributed by atoms with van der Waals surface area (Å²) in [5, 5.41) is 7.32. The van der Waals surface area contributed by atoms with E-state index in [1.165, 1.54) is 0 Å². The normalized spacial score (nSPS) is 18.6. The van der Waals surface area contributed by atoms with E-state index in [1.54, 1.807) is 0 Å². The lowest BCUT2D eigenvalue weighted by Crippen LogP contribution is -2.44. The highest BCUT2D eigenvalue weighted by atomic mass is 16.5. The van der Waals surface area contributed by atoms with Gasteiger partial charge in [0.25, 0.3) is 0 Å². The molecule has 78 valence electrons. The van der Waals surface area contributed by atoms with E-state index in [4.69, 9.17) is 4.52 Å². The lowest BCUT2D eigenvalue weighted by molar-refractivity contribution is 0.242. The van der Waals surface area contributed by atoms with Crippen molar-refractivity contribution in [2.45, 2.75) is 13.3 Å². The van der Waals surface area contributed by atoms with Crippen LogP contribution >= 0.6 is 0 Å². The molecular weight excluding hydrogens is 178 g/mol. The number of nitrogens with zero attached hydrogens (tertiary/aromatic N) is 2. The van der Waals surface area contributed by atoms with Crippen LogP contribution in [-0.2, 0) is 6.42 Å². The number of rotatable bonds is 3. The van der Waals surface area contributed by atoms with Gasteiger partial charge in [-0.3, -0.25) is 0 Å². The Morgan fingerprint density at radius 2 is 2.29 bits per heavy atom. The minimum absolute atomic E-state index is 0.903. The average molecular weight is 195 g/mol. The van der Waals surface area contributed by atoms with Crippen molar-refractivity contribution < 1.29 is 4.52 Å². The third kappa shape index (κ3) is 2.56. The first-order chi connectivity index (χ1) is 6.84. The van der Waals surface area contributed by atoms with Crippen LogP contribution in [-0.4, -0.2) is 42.8 Å². The van der Waals surface area contributed by atoms with Gasteiger partial charge in [0.2, 0.25) is 0 Å². The summed E-state index contributed by atoms with van der Waals surface area (Å²) in [5.74, 6) is 0.903. The Balaban J connectivity index is 1.76. The molecule has 0 unspecified atom stereocenters. The molecule has 14 heavy (non-hydrogen) atoms. The zero-order valence-electron chi connectivity index (χ0n) is 8.62. The Morgan fingerprint density at radius 1 is 1.50 bits per heavy atom. The molecule has 0 radical (unpaired) electrons. The predicted octanol–water partition coefficient (Wildman–Crippen LogP) is 0.431. The second kappa shape index (κ2) is 4.57. The minimum atomic E-state index is 0.903. The van der Waals surface area contributed by atoms with E-state index in [0.717, 1.165) is 50.6 Å². The van der Waals surface area contributed by atoms with Crippen LogP contribution in [0.2, 0.25) is 0 Å². The van der Waals surface area contributed by atoms with Crippen LogP contribution in [0, 0.1) is 6.92 Å². The van der Waals surface area contributed by atoms with Crippen LogP contribution in [0.25, 0.3) is 0 Å². The second-order valence-electron chi connectivity index (χ2n) is 3.77. The molecular formula is C10H17N3O. The SMILES string of the molecule is Cc1cc(CCN2CCNCC2)no1. The summed E-state index contributed by atoms with van der Waals surface area (Å²) in [4.78, 5) is 2.46. The third-order valence-electron chi connectivity index (χ3n) is 2.57. The summed E-state index contributed by atoms with van der Waals surface area (Å²) in [7, 11) is 0. The molecule has 2 heterocycles. The fraction of sp³-hybridized carbons (Fsp3) is 0.700. The quantitative estimate of drug-likeness (QED) is 0.759. The van der Waals surface area contributed by atoms with Crippen LogP contribution in [0.3, 0.4) is 0 Å². The standard InChI is InChI=1S/C10H17N3O/c1-9-8-10(12-14-9)2-5-13-6-3-11-4-7-13/h8,11H,2-7H2,1H3. The van der Waals surface area contributed by atoms with Gasteiger partial charge in [0, 0.05) is 45.2 Å². The Hall–Kier alpha value is -0.870. The molecule has 1 saturated heterocycles. The van der Waals surface area contributed by atoms with Crippen LogP contribution < -0.4 is 5.32 Å². The molecule has 0 spiro atoms. The van der Waals surface area contributed by atoms with Gasteiger partial charge < -0.3 is 14.7 Å². The maximum Gasteiger partial charge on any atom is 0.133 e. The molecule has 0 atom stereocenters. The van der Waals surface area contributed by atoms with Crippen molar-refractivity contribution >= 4 is 0 Å². The topological polar surface area (TPSA) is 41.3 Å². The molecule has 1 aromatic heterocycles. The van der Waals surface area contributed by atoms with Crippen molar-refractivity contribution in [1.82, 2.24) is 15.4 Å². The van der Waals surface area contributed by atoms with Gasteiger partial charge in [-0.15, -0.1) is 0 Å². The molecule has 4 heteroatoms. The Labute approximate surface area is 84.3 Å². The van der Waals surface area contributed by atoms with Gasteiger partial charge in [-0.25, -0.2) is 0 Å². The predicted molar refractivity (Wildman–Crippen MR) is 54.3 cm³/mol. The number of hydrogen-bond acceptors (Lipinski definition) is 4. The molecule has 4 nitrogen and oxygen atoms in total. The Morgan fingerprint density at radius 3 is 2.93 bits per heavy atom. The van der Waals surface area contributed by atoms with Gasteiger partial charge >= 0.3 is 0 Å². The summed E-state index contributed by atoms with van der Waals surface area (Å²) in [6.07, 6.45) is 0.997. The summed E-state index contributed by atoms with van der Waals surface area (Å²) >= 11 is 0. The van der Waals surface area contributed by atoms with Crippen LogP contribution in [0.1, 0.15) is 11.5 Å². The lowest BCUT2D eigenvalue weighted by atomic mass is 10.2. The first kappa shape index (κ1) is 9.68. The molecule has 1 fully saturated rings. The highest BCUT2D eigenvalue weighted by Crippen LogP contribution is 2.03. The monoisotopic (exact) mass is 195 g/mol. The van der Waals surface area contributed by atoms with Crippen LogP contribution in [0.15, 0.2) is 10.6 Å². The largest absolute Gasteiger partial charge is 0.361 e. The van der Waals surface area contributed by atoms with Crippen molar-refractivity contribution in [2.75, 3.05) is 32.7 Å². The Kier molecular flexibility index (Phi) is 3.16. The maximum atomic E-state index is 5.02. The van der Waals surface area contributed by atoms with E-state index in [-0.39, 0.29) is 0 Å². The first-order valence-electron chi connectivity index (χ1n) is 5.20. The van der Waals surface area contributed by atoms with E-state index in [1.807, 2.05) is 13.0 Å². The van der Waals surface area contributed by atoms with Crippen molar-refractivity contribution in [3.63, 3.8) is 0 Å². The van der Waals surface area contributed by atoms with Crippen LogP contribution in [0.4, 0.5) is 0 Å². The van der Waals surface area contributed by atoms with E-state index >= 15 is 0 Å².